The minimum atomic E-state index is -0.333. The number of anilines is 2. The van der Waals surface area contributed by atoms with E-state index in [-0.39, 0.29) is 17.6 Å². The monoisotopic (exact) mass is 487 g/mol. The van der Waals surface area contributed by atoms with Gasteiger partial charge in [0.1, 0.15) is 11.6 Å². The van der Waals surface area contributed by atoms with Gasteiger partial charge >= 0.3 is 0 Å². The van der Waals surface area contributed by atoms with Gasteiger partial charge in [0.15, 0.2) is 5.16 Å². The Morgan fingerprint density at radius 2 is 1.71 bits per heavy atom. The lowest BCUT2D eigenvalue weighted by Gasteiger charge is -2.12. The van der Waals surface area contributed by atoms with Crippen LogP contribution in [0.5, 0.6) is 5.75 Å². The third-order valence-electron chi connectivity index (χ3n) is 5.19. The molecule has 2 N–H and O–H groups in total. The molecule has 0 fully saturated rings. The van der Waals surface area contributed by atoms with Crippen molar-refractivity contribution < 1.29 is 14.3 Å². The van der Waals surface area contributed by atoms with E-state index in [0.717, 1.165) is 11.4 Å². The second-order valence-electron chi connectivity index (χ2n) is 7.67. The molecule has 4 rings (SSSR count). The number of carbonyl (C=O) groups is 2. The molecule has 35 heavy (non-hydrogen) atoms. The summed E-state index contributed by atoms with van der Waals surface area (Å²) in [6.45, 7) is 2.51. The van der Waals surface area contributed by atoms with Crippen molar-refractivity contribution in [1.29, 1.82) is 0 Å². The molecular formula is C26H25N5O3S. The molecule has 0 atom stereocenters. The van der Waals surface area contributed by atoms with Crippen LogP contribution in [0.25, 0.3) is 0 Å². The van der Waals surface area contributed by atoms with E-state index in [0.29, 0.717) is 34.4 Å². The molecular weight excluding hydrogens is 462 g/mol. The highest BCUT2D eigenvalue weighted by molar-refractivity contribution is 7.99. The van der Waals surface area contributed by atoms with Gasteiger partial charge in [-0.15, -0.1) is 10.2 Å². The minimum absolute atomic E-state index is 0.124. The third-order valence-corrected chi connectivity index (χ3v) is 6.16. The number of thioether (sulfide) groups is 1. The quantitative estimate of drug-likeness (QED) is 0.334. The lowest BCUT2D eigenvalue weighted by atomic mass is 10.1. The van der Waals surface area contributed by atoms with Crippen LogP contribution in [0.4, 0.5) is 11.4 Å². The topological polar surface area (TPSA) is 98.1 Å². The van der Waals surface area contributed by atoms with Crippen LogP contribution in [0.15, 0.2) is 84.0 Å². The molecule has 0 spiro atoms. The maximum atomic E-state index is 12.9. The maximum absolute atomic E-state index is 12.9. The number of hydrogen-bond acceptors (Lipinski definition) is 6. The highest BCUT2D eigenvalue weighted by Crippen LogP contribution is 2.22. The number of carbonyl (C=O) groups excluding carboxylic acids is 2. The van der Waals surface area contributed by atoms with Gasteiger partial charge < -0.3 is 19.9 Å². The molecule has 2 amide bonds. The van der Waals surface area contributed by atoms with Crippen molar-refractivity contribution in [2.24, 2.45) is 0 Å². The van der Waals surface area contributed by atoms with Gasteiger partial charge in [0.25, 0.3) is 5.91 Å². The summed E-state index contributed by atoms with van der Waals surface area (Å²) in [6.07, 6.45) is 0. The summed E-state index contributed by atoms with van der Waals surface area (Å²) in [7, 11) is 1.56. The molecule has 0 saturated carbocycles. The van der Waals surface area contributed by atoms with Gasteiger partial charge in [0.05, 0.1) is 30.7 Å². The number of nitrogens with one attached hydrogen (secondary N) is 2. The summed E-state index contributed by atoms with van der Waals surface area (Å²) in [5, 5.41) is 14.7. The normalized spacial score (nSPS) is 10.6. The highest BCUT2D eigenvalue weighted by Gasteiger charge is 2.16. The number of ether oxygens (including phenoxy) is 1. The van der Waals surface area contributed by atoms with Crippen LogP contribution in [0.1, 0.15) is 21.7 Å². The molecule has 0 radical (unpaired) electrons. The zero-order valence-corrected chi connectivity index (χ0v) is 20.2. The number of methoxy groups -OCH3 is 1. The Hall–Kier alpha value is -4.11. The molecule has 4 aromatic rings. The Morgan fingerprint density at radius 1 is 0.943 bits per heavy atom. The molecule has 1 heterocycles. The van der Waals surface area contributed by atoms with E-state index in [2.05, 4.69) is 20.8 Å². The fraction of sp³-hybridized carbons (Fsp3) is 0.154. The van der Waals surface area contributed by atoms with Gasteiger partial charge in [-0.05, 0) is 36.8 Å². The Balaban J connectivity index is 1.40. The third kappa shape index (κ3) is 6.27. The van der Waals surface area contributed by atoms with Crippen LogP contribution >= 0.6 is 11.8 Å². The van der Waals surface area contributed by atoms with Crippen LogP contribution in [-0.4, -0.2) is 39.4 Å². The number of rotatable bonds is 9. The number of amides is 2. The van der Waals surface area contributed by atoms with E-state index in [4.69, 9.17) is 4.74 Å². The van der Waals surface area contributed by atoms with Crippen LogP contribution in [-0.2, 0) is 11.3 Å². The molecule has 178 valence electrons. The number of nitrogens with zero attached hydrogens (tertiary/aromatic N) is 3. The fourth-order valence-corrected chi connectivity index (χ4v) is 4.21. The summed E-state index contributed by atoms with van der Waals surface area (Å²) in [5.41, 5.74) is 2.51. The average molecular weight is 488 g/mol. The van der Waals surface area contributed by atoms with E-state index in [9.17, 15) is 9.59 Å². The molecule has 1 aromatic heterocycles. The van der Waals surface area contributed by atoms with E-state index >= 15 is 0 Å². The van der Waals surface area contributed by atoms with E-state index in [1.807, 2.05) is 41.8 Å². The number of aryl methyl sites for hydroxylation is 1. The highest BCUT2D eigenvalue weighted by atomic mass is 32.2. The van der Waals surface area contributed by atoms with E-state index in [1.165, 1.54) is 11.8 Å². The summed E-state index contributed by atoms with van der Waals surface area (Å²) >= 11 is 1.30. The zero-order chi connectivity index (χ0) is 24.6. The van der Waals surface area contributed by atoms with Crippen molar-refractivity contribution in [2.45, 2.75) is 18.6 Å². The summed E-state index contributed by atoms with van der Waals surface area (Å²) in [5.74, 6) is 0.954. The average Bonchev–Trinajstić information content (AvgIpc) is 3.22. The minimum Gasteiger partial charge on any atom is -0.497 e. The van der Waals surface area contributed by atoms with Crippen molar-refractivity contribution in [3.8, 4) is 5.75 Å². The molecule has 0 bridgehead atoms. The predicted molar refractivity (Wildman–Crippen MR) is 137 cm³/mol. The molecule has 8 nitrogen and oxygen atoms in total. The van der Waals surface area contributed by atoms with Crippen molar-refractivity contribution in [3.63, 3.8) is 0 Å². The maximum Gasteiger partial charge on any atom is 0.257 e. The number of aromatic nitrogens is 3. The first kappa shape index (κ1) is 24.0. The first-order valence-corrected chi connectivity index (χ1v) is 11.9. The van der Waals surface area contributed by atoms with E-state index < -0.39 is 0 Å². The zero-order valence-electron chi connectivity index (χ0n) is 19.4. The van der Waals surface area contributed by atoms with Crippen molar-refractivity contribution >= 4 is 35.0 Å². The van der Waals surface area contributed by atoms with Gasteiger partial charge in [-0.1, -0.05) is 60.3 Å². The summed E-state index contributed by atoms with van der Waals surface area (Å²) in [6, 6.07) is 24.0. The molecule has 9 heteroatoms. The second kappa shape index (κ2) is 11.3. The van der Waals surface area contributed by atoms with Crippen LogP contribution < -0.4 is 15.4 Å². The van der Waals surface area contributed by atoms with Gasteiger partial charge in [-0.2, -0.15) is 0 Å². The first-order chi connectivity index (χ1) is 17.0. The lowest BCUT2D eigenvalue weighted by Crippen LogP contribution is -2.19. The Kier molecular flexibility index (Phi) is 7.79. The molecule has 0 aliphatic rings. The summed E-state index contributed by atoms with van der Waals surface area (Å²) < 4.78 is 7.18. The molecule has 0 aliphatic heterocycles. The number of hydrogen-bond donors (Lipinski definition) is 2. The van der Waals surface area contributed by atoms with Gasteiger partial charge in [0, 0.05) is 11.8 Å². The van der Waals surface area contributed by atoms with Gasteiger partial charge in [0.2, 0.25) is 5.91 Å². The van der Waals surface area contributed by atoms with Gasteiger partial charge in [-0.3, -0.25) is 9.59 Å². The molecule has 0 saturated heterocycles. The molecule has 3 aromatic carbocycles. The van der Waals surface area contributed by atoms with Crippen molar-refractivity contribution in [1.82, 2.24) is 14.8 Å². The van der Waals surface area contributed by atoms with E-state index in [1.54, 1.807) is 55.6 Å². The van der Waals surface area contributed by atoms with Gasteiger partial charge in [-0.25, -0.2) is 0 Å². The number of para-hydroxylation sites is 1. The SMILES string of the molecule is COc1cccc(NC(=O)c2ccccc2NC(=O)CSc2nnc(C)n2Cc2ccccc2)c1. The largest absolute Gasteiger partial charge is 0.497 e. The van der Waals surface area contributed by atoms with Crippen LogP contribution in [0.2, 0.25) is 0 Å². The smallest absolute Gasteiger partial charge is 0.257 e. The molecule has 0 aliphatic carbocycles. The Labute approximate surface area is 207 Å². The van der Waals surface area contributed by atoms with Crippen molar-refractivity contribution in [3.05, 3.63) is 95.8 Å². The fourth-order valence-electron chi connectivity index (χ4n) is 3.42. The van der Waals surface area contributed by atoms with Crippen molar-refractivity contribution in [2.75, 3.05) is 23.5 Å². The second-order valence-corrected chi connectivity index (χ2v) is 8.61. The predicted octanol–water partition coefficient (Wildman–Crippen LogP) is 4.63. The molecule has 0 unspecified atom stereocenters. The Bertz CT molecular complexity index is 1320. The van der Waals surface area contributed by atoms with Crippen LogP contribution in [0.3, 0.4) is 0 Å². The summed E-state index contributed by atoms with van der Waals surface area (Å²) in [4.78, 5) is 25.6. The lowest BCUT2D eigenvalue weighted by molar-refractivity contribution is -0.113. The first-order valence-electron chi connectivity index (χ1n) is 10.9. The standard InChI is InChI=1S/C26H25N5O3S/c1-18-29-30-26(31(18)16-19-9-4-3-5-10-19)35-17-24(32)28-23-14-7-6-13-22(23)25(33)27-20-11-8-12-21(15-20)34-2/h3-15H,16-17H2,1-2H3,(H,27,33)(H,28,32). The van der Waals surface area contributed by atoms with Crippen LogP contribution in [0, 0.1) is 6.92 Å². The Morgan fingerprint density at radius 3 is 2.51 bits per heavy atom. The number of benzene rings is 3.